The van der Waals surface area contributed by atoms with E-state index in [1.807, 2.05) is 0 Å². The van der Waals surface area contributed by atoms with Crippen LogP contribution in [0.25, 0.3) is 11.1 Å². The predicted octanol–water partition coefficient (Wildman–Crippen LogP) is 2.12. The number of methoxy groups -OCH3 is 1. The standard InChI is InChI=1S/C11H12FN3O/c1-6-3-4-7(10(16-2)9(6)12)8-5-14-15-11(8)13/h3-5H,1-2H3,(H3,13,14,15). The number of hydrogen-bond donors (Lipinski definition) is 2. The van der Waals surface area contributed by atoms with Gasteiger partial charge in [-0.3, -0.25) is 5.10 Å². The normalized spacial score (nSPS) is 10.4. The van der Waals surface area contributed by atoms with E-state index in [0.717, 1.165) is 0 Å². The Hall–Kier alpha value is -2.04. The first-order chi connectivity index (χ1) is 7.65. The second-order valence-electron chi connectivity index (χ2n) is 3.47. The zero-order chi connectivity index (χ0) is 11.7. The first kappa shape index (κ1) is 10.5. The summed E-state index contributed by atoms with van der Waals surface area (Å²) in [5.41, 5.74) is 7.45. The highest BCUT2D eigenvalue weighted by Crippen LogP contribution is 2.35. The lowest BCUT2D eigenvalue weighted by Crippen LogP contribution is -1.96. The number of nitrogens with two attached hydrogens (primary N) is 1. The molecule has 84 valence electrons. The second kappa shape index (κ2) is 3.84. The molecule has 1 aromatic heterocycles. The van der Waals surface area contributed by atoms with Crippen LogP contribution in [0.1, 0.15) is 5.56 Å². The maximum absolute atomic E-state index is 13.8. The van der Waals surface area contributed by atoms with Crippen LogP contribution in [0.5, 0.6) is 5.75 Å². The number of aromatic amines is 1. The number of hydrogen-bond acceptors (Lipinski definition) is 3. The summed E-state index contributed by atoms with van der Waals surface area (Å²) in [6.45, 7) is 1.68. The van der Waals surface area contributed by atoms with Crippen LogP contribution in [0, 0.1) is 12.7 Å². The molecule has 2 aromatic rings. The van der Waals surface area contributed by atoms with Crippen LogP contribution in [-0.4, -0.2) is 17.3 Å². The quantitative estimate of drug-likeness (QED) is 0.816. The summed E-state index contributed by atoms with van der Waals surface area (Å²) >= 11 is 0. The third-order valence-corrected chi connectivity index (χ3v) is 2.45. The summed E-state index contributed by atoms with van der Waals surface area (Å²) in [7, 11) is 1.43. The van der Waals surface area contributed by atoms with E-state index in [1.165, 1.54) is 7.11 Å². The summed E-state index contributed by atoms with van der Waals surface area (Å²) in [6, 6.07) is 3.44. The molecule has 4 nitrogen and oxygen atoms in total. The molecule has 0 amide bonds. The minimum Gasteiger partial charge on any atom is -0.493 e. The number of anilines is 1. The van der Waals surface area contributed by atoms with Crippen molar-refractivity contribution in [2.24, 2.45) is 0 Å². The maximum Gasteiger partial charge on any atom is 0.168 e. The van der Waals surface area contributed by atoms with Gasteiger partial charge in [0.2, 0.25) is 0 Å². The number of benzene rings is 1. The Labute approximate surface area is 92.2 Å². The van der Waals surface area contributed by atoms with Crippen LogP contribution in [0.4, 0.5) is 10.2 Å². The van der Waals surface area contributed by atoms with E-state index in [2.05, 4.69) is 10.2 Å². The number of H-pyrrole nitrogens is 1. The van der Waals surface area contributed by atoms with Gasteiger partial charge in [-0.2, -0.15) is 5.10 Å². The molecule has 0 saturated carbocycles. The van der Waals surface area contributed by atoms with Gasteiger partial charge in [0.05, 0.1) is 13.3 Å². The number of nitrogen functional groups attached to an aromatic ring is 1. The molecule has 0 bridgehead atoms. The van der Waals surface area contributed by atoms with Crippen molar-refractivity contribution in [3.8, 4) is 16.9 Å². The van der Waals surface area contributed by atoms with Crippen molar-refractivity contribution in [1.82, 2.24) is 10.2 Å². The first-order valence-electron chi connectivity index (χ1n) is 4.77. The van der Waals surface area contributed by atoms with E-state index >= 15 is 0 Å². The average molecular weight is 221 g/mol. The van der Waals surface area contributed by atoms with Gasteiger partial charge in [0.1, 0.15) is 5.82 Å². The molecule has 5 heteroatoms. The lowest BCUT2D eigenvalue weighted by atomic mass is 10.0. The molecule has 0 spiro atoms. The van der Waals surface area contributed by atoms with Crippen LogP contribution < -0.4 is 10.5 Å². The lowest BCUT2D eigenvalue weighted by molar-refractivity contribution is 0.387. The first-order valence-corrected chi connectivity index (χ1v) is 4.77. The summed E-state index contributed by atoms with van der Waals surface area (Å²) in [4.78, 5) is 0. The Balaban J connectivity index is 2.66. The summed E-state index contributed by atoms with van der Waals surface area (Å²) in [5, 5.41) is 6.40. The van der Waals surface area contributed by atoms with E-state index in [9.17, 15) is 4.39 Å². The van der Waals surface area contributed by atoms with Gasteiger partial charge in [-0.1, -0.05) is 6.07 Å². The minimum atomic E-state index is -0.374. The van der Waals surface area contributed by atoms with Gasteiger partial charge in [0, 0.05) is 11.1 Å². The average Bonchev–Trinajstić information content (AvgIpc) is 2.68. The Morgan fingerprint density at radius 2 is 2.12 bits per heavy atom. The molecule has 2 rings (SSSR count). The van der Waals surface area contributed by atoms with Crippen LogP contribution in [0.3, 0.4) is 0 Å². The van der Waals surface area contributed by atoms with Gasteiger partial charge < -0.3 is 10.5 Å². The fraction of sp³-hybridized carbons (Fsp3) is 0.182. The number of nitrogens with one attached hydrogen (secondary N) is 1. The SMILES string of the molecule is COc1c(-c2cn[nH]c2N)ccc(C)c1F. The Morgan fingerprint density at radius 1 is 1.38 bits per heavy atom. The molecule has 0 unspecified atom stereocenters. The van der Waals surface area contributed by atoms with Crippen molar-refractivity contribution in [1.29, 1.82) is 0 Å². The molecule has 1 heterocycles. The van der Waals surface area contributed by atoms with Crippen molar-refractivity contribution < 1.29 is 9.13 Å². The van der Waals surface area contributed by atoms with Crippen LogP contribution >= 0.6 is 0 Å². The molecule has 0 aliphatic carbocycles. The fourth-order valence-electron chi connectivity index (χ4n) is 1.58. The lowest BCUT2D eigenvalue weighted by Gasteiger charge is -2.10. The van der Waals surface area contributed by atoms with Crippen molar-refractivity contribution in [3.63, 3.8) is 0 Å². The van der Waals surface area contributed by atoms with E-state index in [-0.39, 0.29) is 11.6 Å². The summed E-state index contributed by atoms with van der Waals surface area (Å²) in [6.07, 6.45) is 1.54. The van der Waals surface area contributed by atoms with Crippen LogP contribution in [-0.2, 0) is 0 Å². The smallest absolute Gasteiger partial charge is 0.168 e. The number of rotatable bonds is 2. The van der Waals surface area contributed by atoms with Gasteiger partial charge >= 0.3 is 0 Å². The van der Waals surface area contributed by atoms with Crippen molar-refractivity contribution >= 4 is 5.82 Å². The summed E-state index contributed by atoms with van der Waals surface area (Å²) in [5.74, 6) is 0.204. The fourth-order valence-corrected chi connectivity index (χ4v) is 1.58. The highest BCUT2D eigenvalue weighted by atomic mass is 19.1. The third kappa shape index (κ3) is 1.50. The molecule has 0 saturated heterocycles. The van der Waals surface area contributed by atoms with E-state index in [0.29, 0.717) is 22.5 Å². The highest BCUT2D eigenvalue weighted by Gasteiger charge is 2.15. The van der Waals surface area contributed by atoms with E-state index in [1.54, 1.807) is 25.3 Å². The third-order valence-electron chi connectivity index (χ3n) is 2.45. The Kier molecular flexibility index (Phi) is 2.52. The molecule has 0 atom stereocenters. The minimum absolute atomic E-state index is 0.188. The molecule has 0 aliphatic heterocycles. The largest absolute Gasteiger partial charge is 0.493 e. The topological polar surface area (TPSA) is 63.9 Å². The summed E-state index contributed by atoms with van der Waals surface area (Å²) < 4.78 is 18.9. The zero-order valence-corrected chi connectivity index (χ0v) is 9.04. The van der Waals surface area contributed by atoms with Crippen molar-refractivity contribution in [3.05, 3.63) is 29.7 Å². The van der Waals surface area contributed by atoms with Gasteiger partial charge in [0.15, 0.2) is 11.6 Å². The molecule has 16 heavy (non-hydrogen) atoms. The zero-order valence-electron chi connectivity index (χ0n) is 9.04. The van der Waals surface area contributed by atoms with E-state index < -0.39 is 0 Å². The molecular formula is C11H12FN3O. The monoisotopic (exact) mass is 221 g/mol. The van der Waals surface area contributed by atoms with Gasteiger partial charge in [-0.05, 0) is 18.6 Å². The number of aromatic nitrogens is 2. The Morgan fingerprint density at radius 3 is 2.69 bits per heavy atom. The number of nitrogens with zero attached hydrogens (tertiary/aromatic N) is 1. The number of halogens is 1. The van der Waals surface area contributed by atoms with Crippen LogP contribution in [0.2, 0.25) is 0 Å². The van der Waals surface area contributed by atoms with Crippen molar-refractivity contribution in [2.45, 2.75) is 6.92 Å². The molecular weight excluding hydrogens is 209 g/mol. The maximum atomic E-state index is 13.8. The highest BCUT2D eigenvalue weighted by molar-refractivity contribution is 5.78. The molecule has 0 fully saturated rings. The number of aryl methyl sites for hydroxylation is 1. The number of ether oxygens (including phenoxy) is 1. The molecule has 1 aromatic carbocycles. The second-order valence-corrected chi connectivity index (χ2v) is 3.47. The predicted molar refractivity (Wildman–Crippen MR) is 59.7 cm³/mol. The Bertz CT molecular complexity index is 522. The molecule has 0 radical (unpaired) electrons. The molecule has 0 aliphatic rings. The molecule has 3 N–H and O–H groups in total. The van der Waals surface area contributed by atoms with Gasteiger partial charge in [-0.25, -0.2) is 4.39 Å². The van der Waals surface area contributed by atoms with Gasteiger partial charge in [0.25, 0.3) is 0 Å². The van der Waals surface area contributed by atoms with Gasteiger partial charge in [-0.15, -0.1) is 0 Å². The van der Waals surface area contributed by atoms with E-state index in [4.69, 9.17) is 10.5 Å². The van der Waals surface area contributed by atoms with Crippen LogP contribution in [0.15, 0.2) is 18.3 Å². The van der Waals surface area contributed by atoms with Crippen molar-refractivity contribution in [2.75, 3.05) is 12.8 Å².